The van der Waals surface area contributed by atoms with Crippen LogP contribution in [-0.2, 0) is 17.8 Å². The van der Waals surface area contributed by atoms with E-state index in [0.717, 1.165) is 49.1 Å². The summed E-state index contributed by atoms with van der Waals surface area (Å²) in [6.45, 7) is 5.37. The number of ether oxygens (including phenoxy) is 1. The van der Waals surface area contributed by atoms with Crippen molar-refractivity contribution < 1.29 is 4.74 Å². The van der Waals surface area contributed by atoms with Crippen LogP contribution < -0.4 is 5.32 Å². The van der Waals surface area contributed by atoms with E-state index in [9.17, 15) is 0 Å². The lowest BCUT2D eigenvalue weighted by Gasteiger charge is -2.13. The second-order valence-corrected chi connectivity index (χ2v) is 5.97. The third kappa shape index (κ3) is 3.57. The Morgan fingerprint density at radius 3 is 3.10 bits per heavy atom. The van der Waals surface area contributed by atoms with E-state index in [1.54, 1.807) is 0 Å². The Morgan fingerprint density at radius 1 is 1.43 bits per heavy atom. The molecule has 112 valence electrons. The number of rotatable bonds is 5. The summed E-state index contributed by atoms with van der Waals surface area (Å²) in [5.74, 6) is 1.61. The van der Waals surface area contributed by atoms with Crippen molar-refractivity contribution in [1.29, 1.82) is 0 Å². The summed E-state index contributed by atoms with van der Waals surface area (Å²) < 4.78 is 7.45. The molecule has 3 rings (SSSR count). The topological polar surface area (TPSA) is 39.1 Å². The first kappa shape index (κ1) is 14.4. The predicted octanol–water partition coefficient (Wildman–Crippen LogP) is 3.49. The van der Waals surface area contributed by atoms with Crippen LogP contribution in [0.1, 0.15) is 17.5 Å². The molecule has 1 fully saturated rings. The molecule has 1 atom stereocenters. The zero-order valence-electron chi connectivity index (χ0n) is 12.2. The van der Waals surface area contributed by atoms with E-state index in [4.69, 9.17) is 16.3 Å². The molecule has 0 spiro atoms. The van der Waals surface area contributed by atoms with Crippen LogP contribution in [0.2, 0.25) is 5.02 Å². The van der Waals surface area contributed by atoms with Crippen molar-refractivity contribution in [3.63, 3.8) is 0 Å². The van der Waals surface area contributed by atoms with E-state index in [2.05, 4.69) is 16.5 Å². The van der Waals surface area contributed by atoms with E-state index >= 15 is 0 Å². The van der Waals surface area contributed by atoms with Gasteiger partial charge in [0.1, 0.15) is 5.82 Å². The van der Waals surface area contributed by atoms with Crippen LogP contribution in [0.25, 0.3) is 0 Å². The van der Waals surface area contributed by atoms with Crippen molar-refractivity contribution in [2.24, 2.45) is 5.92 Å². The van der Waals surface area contributed by atoms with Crippen LogP contribution in [-0.4, -0.2) is 23.0 Å². The lowest BCUT2D eigenvalue weighted by atomic mass is 10.1. The molecule has 2 heterocycles. The summed E-state index contributed by atoms with van der Waals surface area (Å²) in [7, 11) is 0. The van der Waals surface area contributed by atoms with Gasteiger partial charge in [-0.2, -0.15) is 5.10 Å². The zero-order chi connectivity index (χ0) is 14.7. The Hall–Kier alpha value is -1.52. The maximum Gasteiger partial charge on any atom is 0.124 e. The largest absolute Gasteiger partial charge is 0.381 e. The molecule has 1 unspecified atom stereocenters. The molecule has 0 bridgehead atoms. The first-order chi connectivity index (χ1) is 10.2. The molecule has 1 aliphatic heterocycles. The lowest BCUT2D eigenvalue weighted by molar-refractivity contribution is 0.181. The van der Waals surface area contributed by atoms with E-state index in [0.29, 0.717) is 5.92 Å². The van der Waals surface area contributed by atoms with Crippen molar-refractivity contribution in [2.45, 2.75) is 26.4 Å². The first-order valence-electron chi connectivity index (χ1n) is 7.31. The van der Waals surface area contributed by atoms with Gasteiger partial charge in [0.25, 0.3) is 0 Å². The highest BCUT2D eigenvalue weighted by molar-refractivity contribution is 6.31. The van der Waals surface area contributed by atoms with Gasteiger partial charge in [0.15, 0.2) is 0 Å². The van der Waals surface area contributed by atoms with Crippen molar-refractivity contribution in [3.8, 4) is 0 Å². The summed E-state index contributed by atoms with van der Waals surface area (Å²) in [4.78, 5) is 0. The fraction of sp³-hybridized carbons (Fsp3) is 0.438. The smallest absolute Gasteiger partial charge is 0.124 e. The maximum absolute atomic E-state index is 6.16. The van der Waals surface area contributed by atoms with Crippen LogP contribution in [0.3, 0.4) is 0 Å². The van der Waals surface area contributed by atoms with Crippen LogP contribution in [0.15, 0.2) is 30.5 Å². The molecular weight excluding hydrogens is 286 g/mol. The Labute approximate surface area is 130 Å². The van der Waals surface area contributed by atoms with Gasteiger partial charge in [-0.1, -0.05) is 23.7 Å². The van der Waals surface area contributed by atoms with Gasteiger partial charge in [-0.15, -0.1) is 0 Å². The molecule has 2 aromatic rings. The van der Waals surface area contributed by atoms with E-state index in [1.165, 1.54) is 5.56 Å². The molecule has 0 saturated carbocycles. The minimum Gasteiger partial charge on any atom is -0.381 e. The minimum atomic E-state index is 0.569. The Morgan fingerprint density at radius 2 is 2.33 bits per heavy atom. The quantitative estimate of drug-likeness (QED) is 0.919. The van der Waals surface area contributed by atoms with Crippen LogP contribution in [0.4, 0.5) is 5.82 Å². The Kier molecular flexibility index (Phi) is 4.46. The van der Waals surface area contributed by atoms with Gasteiger partial charge in [0.05, 0.1) is 12.8 Å². The third-order valence-electron chi connectivity index (χ3n) is 3.88. The lowest BCUT2D eigenvalue weighted by Crippen LogP contribution is -2.14. The fourth-order valence-corrected chi connectivity index (χ4v) is 2.74. The molecule has 21 heavy (non-hydrogen) atoms. The fourth-order valence-electron chi connectivity index (χ4n) is 2.54. The highest BCUT2D eigenvalue weighted by atomic mass is 35.5. The standard InChI is InChI=1S/C16H20ClN3O/c1-12-2-3-13(8-15(12)17)9-18-16-4-6-19-20(16)10-14-5-7-21-11-14/h2-4,6,8,14,18H,5,7,9-11H2,1H3. The molecule has 1 aromatic heterocycles. The average Bonchev–Trinajstić information content (AvgIpc) is 3.13. The molecular formula is C16H20ClN3O. The number of hydrogen-bond donors (Lipinski definition) is 1. The van der Waals surface area contributed by atoms with Gasteiger partial charge in [-0.3, -0.25) is 0 Å². The second-order valence-electron chi connectivity index (χ2n) is 5.57. The highest BCUT2D eigenvalue weighted by Crippen LogP contribution is 2.19. The van der Waals surface area contributed by atoms with E-state index < -0.39 is 0 Å². The monoisotopic (exact) mass is 305 g/mol. The number of nitrogens with zero attached hydrogens (tertiary/aromatic N) is 2. The highest BCUT2D eigenvalue weighted by Gasteiger charge is 2.17. The van der Waals surface area contributed by atoms with Crippen LogP contribution in [0.5, 0.6) is 0 Å². The number of anilines is 1. The van der Waals surface area contributed by atoms with Gasteiger partial charge in [0.2, 0.25) is 0 Å². The number of halogens is 1. The summed E-state index contributed by atoms with van der Waals surface area (Å²) in [5, 5.41) is 8.64. The normalized spacial score (nSPS) is 18.1. The number of aromatic nitrogens is 2. The number of hydrogen-bond acceptors (Lipinski definition) is 3. The molecule has 0 radical (unpaired) electrons. The van der Waals surface area contributed by atoms with Gasteiger partial charge < -0.3 is 10.1 Å². The summed E-state index contributed by atoms with van der Waals surface area (Å²) >= 11 is 6.16. The summed E-state index contributed by atoms with van der Waals surface area (Å²) in [6.07, 6.45) is 2.95. The van der Waals surface area contributed by atoms with Crippen LogP contribution >= 0.6 is 11.6 Å². The molecule has 0 aliphatic carbocycles. The summed E-state index contributed by atoms with van der Waals surface area (Å²) in [6, 6.07) is 8.16. The van der Waals surface area contributed by atoms with Crippen LogP contribution in [0, 0.1) is 12.8 Å². The van der Waals surface area contributed by atoms with E-state index in [-0.39, 0.29) is 0 Å². The third-order valence-corrected chi connectivity index (χ3v) is 4.29. The first-order valence-corrected chi connectivity index (χ1v) is 7.68. The van der Waals surface area contributed by atoms with Crippen molar-refractivity contribution >= 4 is 17.4 Å². The Balaban J connectivity index is 1.62. The molecule has 0 amide bonds. The SMILES string of the molecule is Cc1ccc(CNc2ccnn2CC2CCOC2)cc1Cl. The molecule has 5 heteroatoms. The maximum atomic E-state index is 6.16. The van der Waals surface area contributed by atoms with Gasteiger partial charge >= 0.3 is 0 Å². The van der Waals surface area contributed by atoms with Gasteiger partial charge in [-0.05, 0) is 30.5 Å². The van der Waals surface area contributed by atoms with Gasteiger partial charge in [0, 0.05) is 36.7 Å². The number of nitrogens with one attached hydrogen (secondary N) is 1. The molecule has 1 aliphatic rings. The van der Waals surface area contributed by atoms with Crippen molar-refractivity contribution in [2.75, 3.05) is 18.5 Å². The minimum absolute atomic E-state index is 0.569. The number of benzene rings is 1. The number of aryl methyl sites for hydroxylation is 1. The molecule has 4 nitrogen and oxygen atoms in total. The zero-order valence-corrected chi connectivity index (χ0v) is 12.9. The Bertz CT molecular complexity index is 605. The molecule has 1 N–H and O–H groups in total. The van der Waals surface area contributed by atoms with Crippen molar-refractivity contribution in [1.82, 2.24) is 9.78 Å². The van der Waals surface area contributed by atoms with E-state index in [1.807, 2.05) is 36.0 Å². The predicted molar refractivity (Wildman–Crippen MR) is 84.7 cm³/mol. The molecule has 1 saturated heterocycles. The second kappa shape index (κ2) is 6.50. The summed E-state index contributed by atoms with van der Waals surface area (Å²) in [5.41, 5.74) is 2.27. The van der Waals surface area contributed by atoms with Gasteiger partial charge in [-0.25, -0.2) is 4.68 Å². The molecule has 1 aromatic carbocycles. The average molecular weight is 306 g/mol. The van der Waals surface area contributed by atoms with Crippen molar-refractivity contribution in [3.05, 3.63) is 46.6 Å².